The minimum Gasteiger partial charge on any atom is -0.465 e. The normalized spacial score (nSPS) is 21.2. The number of rotatable bonds is 4. The third-order valence-corrected chi connectivity index (χ3v) is 3.34. The van der Waals surface area contributed by atoms with Crippen molar-refractivity contribution >= 4 is 24.0 Å². The lowest BCUT2D eigenvalue weighted by molar-refractivity contribution is -0.160. The topological polar surface area (TPSA) is 86.7 Å². The maximum absolute atomic E-state index is 11.9. The predicted molar refractivity (Wildman–Crippen MR) is 76.4 cm³/mol. The van der Waals surface area contributed by atoms with Crippen LogP contribution in [0.4, 0.5) is 4.79 Å². The van der Waals surface area contributed by atoms with Crippen molar-refractivity contribution in [3.05, 3.63) is 42.0 Å². The van der Waals surface area contributed by atoms with Gasteiger partial charge in [-0.05, 0) is 12.5 Å². The number of benzene rings is 1. The molecule has 2 N–H and O–H groups in total. The van der Waals surface area contributed by atoms with E-state index in [1.807, 2.05) is 30.3 Å². The fourth-order valence-electron chi connectivity index (χ4n) is 2.25. The molecule has 6 heteroatoms. The molecule has 1 saturated heterocycles. The monoisotopic (exact) mass is 288 g/mol. The van der Waals surface area contributed by atoms with E-state index in [1.165, 1.54) is 0 Å². The third-order valence-electron chi connectivity index (χ3n) is 3.34. The standard InChI is InChI=1S/C15H16N2O4/c1-10-13(16-15(20)21)14(19)17(10)12(18)9-5-8-11-6-3-2-4-7-11/h2-8,10,13,16H,9H2,1H3,(H,20,21)/t10-,13-/m0/s1. The molecule has 6 nitrogen and oxygen atoms in total. The van der Waals surface area contributed by atoms with Crippen molar-refractivity contribution in [2.75, 3.05) is 0 Å². The molecule has 1 fully saturated rings. The Balaban J connectivity index is 1.89. The first kappa shape index (κ1) is 14.8. The van der Waals surface area contributed by atoms with Gasteiger partial charge in [0.2, 0.25) is 5.91 Å². The Bertz CT molecular complexity index is 583. The van der Waals surface area contributed by atoms with Gasteiger partial charge in [0.05, 0.1) is 6.04 Å². The number of nitrogens with zero attached hydrogens (tertiary/aromatic N) is 1. The number of carboxylic acid groups (broad SMARTS) is 1. The highest BCUT2D eigenvalue weighted by atomic mass is 16.4. The van der Waals surface area contributed by atoms with E-state index in [1.54, 1.807) is 19.1 Å². The second-order valence-electron chi connectivity index (χ2n) is 4.79. The number of hydrogen-bond donors (Lipinski definition) is 2. The quantitative estimate of drug-likeness (QED) is 0.822. The third kappa shape index (κ3) is 3.28. The van der Waals surface area contributed by atoms with Crippen LogP contribution >= 0.6 is 0 Å². The molecule has 1 aliphatic heterocycles. The van der Waals surface area contributed by atoms with E-state index in [-0.39, 0.29) is 12.3 Å². The molecule has 0 saturated carbocycles. The molecule has 0 spiro atoms. The van der Waals surface area contributed by atoms with Crippen molar-refractivity contribution in [1.82, 2.24) is 10.2 Å². The molecule has 110 valence electrons. The molecule has 0 aromatic heterocycles. The summed E-state index contributed by atoms with van der Waals surface area (Å²) in [7, 11) is 0. The fraction of sp³-hybridized carbons (Fsp3) is 0.267. The lowest BCUT2D eigenvalue weighted by atomic mass is 9.96. The summed E-state index contributed by atoms with van der Waals surface area (Å²) in [4.78, 5) is 35.3. The van der Waals surface area contributed by atoms with E-state index in [2.05, 4.69) is 5.32 Å². The summed E-state index contributed by atoms with van der Waals surface area (Å²) >= 11 is 0. The highest BCUT2D eigenvalue weighted by molar-refractivity contribution is 6.05. The van der Waals surface area contributed by atoms with Crippen LogP contribution in [0.3, 0.4) is 0 Å². The zero-order valence-electron chi connectivity index (χ0n) is 11.5. The average molecular weight is 288 g/mol. The van der Waals surface area contributed by atoms with Gasteiger partial charge in [-0.15, -0.1) is 0 Å². The van der Waals surface area contributed by atoms with Crippen molar-refractivity contribution in [3.63, 3.8) is 0 Å². The summed E-state index contributed by atoms with van der Waals surface area (Å²) in [6, 6.07) is 8.22. The van der Waals surface area contributed by atoms with Crippen LogP contribution in [0.25, 0.3) is 6.08 Å². The van der Waals surface area contributed by atoms with Crippen LogP contribution in [0.15, 0.2) is 36.4 Å². The minimum absolute atomic E-state index is 0.102. The Morgan fingerprint density at radius 1 is 1.33 bits per heavy atom. The number of nitrogens with one attached hydrogen (secondary N) is 1. The van der Waals surface area contributed by atoms with Crippen LogP contribution in [-0.2, 0) is 9.59 Å². The number of imide groups is 1. The van der Waals surface area contributed by atoms with Gasteiger partial charge in [-0.2, -0.15) is 0 Å². The van der Waals surface area contributed by atoms with E-state index >= 15 is 0 Å². The number of hydrogen-bond acceptors (Lipinski definition) is 3. The van der Waals surface area contributed by atoms with Crippen molar-refractivity contribution in [2.24, 2.45) is 0 Å². The smallest absolute Gasteiger partial charge is 0.405 e. The van der Waals surface area contributed by atoms with E-state index in [0.29, 0.717) is 0 Å². The van der Waals surface area contributed by atoms with Gasteiger partial charge in [0.25, 0.3) is 5.91 Å². The molecule has 1 heterocycles. The van der Waals surface area contributed by atoms with E-state index in [4.69, 9.17) is 5.11 Å². The Hall–Kier alpha value is -2.63. The van der Waals surface area contributed by atoms with Crippen molar-refractivity contribution in [3.8, 4) is 0 Å². The molecular weight excluding hydrogens is 272 g/mol. The number of carbonyl (C=O) groups is 3. The summed E-state index contributed by atoms with van der Waals surface area (Å²) in [6.45, 7) is 1.64. The lowest BCUT2D eigenvalue weighted by Crippen LogP contribution is -2.70. The molecule has 0 aliphatic carbocycles. The van der Waals surface area contributed by atoms with Crippen LogP contribution in [0.5, 0.6) is 0 Å². The van der Waals surface area contributed by atoms with Gasteiger partial charge in [0.1, 0.15) is 6.04 Å². The average Bonchev–Trinajstić information content (AvgIpc) is 2.46. The number of β-lactam (4-membered cyclic amide) rings is 1. The highest BCUT2D eigenvalue weighted by Crippen LogP contribution is 2.21. The van der Waals surface area contributed by atoms with Gasteiger partial charge in [0, 0.05) is 6.42 Å². The minimum atomic E-state index is -1.27. The summed E-state index contributed by atoms with van der Waals surface area (Å²) in [5, 5.41) is 10.7. The zero-order valence-corrected chi connectivity index (χ0v) is 11.5. The fourth-order valence-corrected chi connectivity index (χ4v) is 2.25. The molecule has 2 atom stereocenters. The van der Waals surface area contributed by atoms with Gasteiger partial charge >= 0.3 is 6.09 Å². The summed E-state index contributed by atoms with van der Waals surface area (Å²) in [6.07, 6.45) is 2.33. The van der Waals surface area contributed by atoms with Gasteiger partial charge in [-0.25, -0.2) is 4.79 Å². The molecule has 21 heavy (non-hydrogen) atoms. The summed E-state index contributed by atoms with van der Waals surface area (Å²) in [5.74, 6) is -0.828. The molecule has 0 bridgehead atoms. The molecule has 0 radical (unpaired) electrons. The molecule has 3 amide bonds. The maximum Gasteiger partial charge on any atom is 0.405 e. The van der Waals surface area contributed by atoms with Gasteiger partial charge in [0.15, 0.2) is 0 Å². The van der Waals surface area contributed by atoms with Crippen LogP contribution in [0.2, 0.25) is 0 Å². The molecule has 2 rings (SSSR count). The Morgan fingerprint density at radius 2 is 2.00 bits per heavy atom. The molecule has 1 aromatic rings. The van der Waals surface area contributed by atoms with Crippen LogP contribution < -0.4 is 5.32 Å². The Labute approximate surface area is 122 Å². The number of amides is 3. The Morgan fingerprint density at radius 3 is 2.57 bits per heavy atom. The van der Waals surface area contributed by atoms with Crippen LogP contribution in [0.1, 0.15) is 18.9 Å². The summed E-state index contributed by atoms with van der Waals surface area (Å²) in [5.41, 5.74) is 0.971. The second kappa shape index (κ2) is 6.21. The van der Waals surface area contributed by atoms with E-state index < -0.39 is 24.1 Å². The first-order chi connectivity index (χ1) is 10.0. The maximum atomic E-state index is 11.9. The van der Waals surface area contributed by atoms with Crippen molar-refractivity contribution in [2.45, 2.75) is 25.4 Å². The summed E-state index contributed by atoms with van der Waals surface area (Å²) < 4.78 is 0. The SMILES string of the molecule is C[C@H]1[C@H](NC(=O)O)C(=O)N1C(=O)CC=Cc1ccccc1. The largest absolute Gasteiger partial charge is 0.465 e. The van der Waals surface area contributed by atoms with Crippen molar-refractivity contribution in [1.29, 1.82) is 0 Å². The van der Waals surface area contributed by atoms with Gasteiger partial charge in [-0.3, -0.25) is 14.5 Å². The second-order valence-corrected chi connectivity index (χ2v) is 4.79. The predicted octanol–water partition coefficient (Wildman–Crippen LogP) is 1.48. The number of carbonyl (C=O) groups excluding carboxylic acids is 2. The van der Waals surface area contributed by atoms with Crippen molar-refractivity contribution < 1.29 is 19.5 Å². The molecule has 0 unspecified atom stereocenters. The highest BCUT2D eigenvalue weighted by Gasteiger charge is 2.48. The number of likely N-dealkylation sites (tertiary alicyclic amines) is 1. The molecule has 1 aromatic carbocycles. The van der Waals surface area contributed by atoms with Gasteiger partial charge in [-0.1, -0.05) is 42.5 Å². The van der Waals surface area contributed by atoms with Gasteiger partial charge < -0.3 is 10.4 Å². The van der Waals surface area contributed by atoms with E-state index in [9.17, 15) is 14.4 Å². The first-order valence-corrected chi connectivity index (χ1v) is 6.57. The first-order valence-electron chi connectivity index (χ1n) is 6.57. The zero-order chi connectivity index (χ0) is 15.4. The van der Waals surface area contributed by atoms with Crippen LogP contribution in [0, 0.1) is 0 Å². The molecule has 1 aliphatic rings. The lowest BCUT2D eigenvalue weighted by Gasteiger charge is -2.43. The molecular formula is C15H16N2O4. The van der Waals surface area contributed by atoms with Crippen LogP contribution in [-0.4, -0.2) is 40.0 Å². The van der Waals surface area contributed by atoms with E-state index in [0.717, 1.165) is 10.5 Å². The Kier molecular flexibility index (Phi) is 4.37.